The topological polar surface area (TPSA) is 20.3 Å². The fourth-order valence-corrected chi connectivity index (χ4v) is 2.39. The molecule has 0 bridgehead atoms. The molecule has 0 heterocycles. The van der Waals surface area contributed by atoms with Gasteiger partial charge in [-0.3, -0.25) is 4.79 Å². The lowest BCUT2D eigenvalue weighted by Crippen LogP contribution is -2.21. The van der Waals surface area contributed by atoms with Crippen molar-refractivity contribution in [1.82, 2.24) is 4.90 Å². The Morgan fingerprint density at radius 1 is 1.05 bits per heavy atom. The third-order valence-electron chi connectivity index (χ3n) is 3.28. The first-order valence-electron chi connectivity index (χ1n) is 6.77. The number of carbonyl (C=O) groups is 1. The summed E-state index contributed by atoms with van der Waals surface area (Å²) in [7, 11) is 1.98. The molecule has 2 nitrogen and oxygen atoms in total. The van der Waals surface area contributed by atoms with E-state index in [2.05, 4.69) is 4.90 Å². The molecule has 21 heavy (non-hydrogen) atoms. The van der Waals surface area contributed by atoms with Crippen LogP contribution in [0.4, 0.5) is 0 Å². The van der Waals surface area contributed by atoms with Gasteiger partial charge in [0.05, 0.1) is 0 Å². The number of hydrogen-bond donors (Lipinski definition) is 0. The molecule has 2 rings (SSSR count). The lowest BCUT2D eigenvalue weighted by Gasteiger charge is -2.17. The van der Waals surface area contributed by atoms with Gasteiger partial charge in [-0.05, 0) is 42.9 Å². The summed E-state index contributed by atoms with van der Waals surface area (Å²) in [5.41, 5.74) is 1.77. The van der Waals surface area contributed by atoms with Crippen molar-refractivity contribution in [1.29, 1.82) is 0 Å². The smallest absolute Gasteiger partial charge is 0.164 e. The Morgan fingerprint density at radius 2 is 1.71 bits per heavy atom. The van der Waals surface area contributed by atoms with Crippen molar-refractivity contribution in [2.75, 3.05) is 13.6 Å². The van der Waals surface area contributed by atoms with Crippen molar-refractivity contribution in [3.8, 4) is 0 Å². The highest BCUT2D eigenvalue weighted by Gasteiger charge is 2.09. The highest BCUT2D eigenvalue weighted by molar-refractivity contribution is 6.31. The van der Waals surface area contributed by atoms with Crippen LogP contribution in [0.1, 0.15) is 22.3 Å². The Morgan fingerprint density at radius 3 is 2.38 bits per heavy atom. The van der Waals surface area contributed by atoms with Crippen LogP contribution >= 0.6 is 23.2 Å². The summed E-state index contributed by atoms with van der Waals surface area (Å²) in [6.07, 6.45) is 0.475. The zero-order chi connectivity index (χ0) is 15.2. The second-order valence-corrected chi connectivity index (χ2v) is 5.85. The molecule has 110 valence electrons. The molecule has 0 aliphatic rings. The molecule has 0 fully saturated rings. The lowest BCUT2D eigenvalue weighted by atomic mass is 10.1. The Balaban J connectivity index is 1.86. The van der Waals surface area contributed by atoms with E-state index in [9.17, 15) is 4.79 Å². The summed E-state index contributed by atoms with van der Waals surface area (Å²) in [5.74, 6) is 0.123. The first kappa shape index (κ1) is 16.0. The van der Waals surface area contributed by atoms with Crippen LogP contribution in [-0.4, -0.2) is 24.3 Å². The fourth-order valence-electron chi connectivity index (χ4n) is 2.07. The number of halogens is 2. The normalized spacial score (nSPS) is 10.9. The molecule has 2 aromatic rings. The van der Waals surface area contributed by atoms with Crippen LogP contribution in [0.3, 0.4) is 0 Å². The Hall–Kier alpha value is -1.35. The van der Waals surface area contributed by atoms with Gasteiger partial charge in [0.1, 0.15) is 0 Å². The lowest BCUT2D eigenvalue weighted by molar-refractivity contribution is 0.0968. The number of carbonyl (C=O) groups excluding carboxylic acids is 1. The molecule has 0 atom stereocenters. The van der Waals surface area contributed by atoms with Crippen LogP contribution in [0.5, 0.6) is 0 Å². The van der Waals surface area contributed by atoms with Crippen molar-refractivity contribution in [3.63, 3.8) is 0 Å². The largest absolute Gasteiger partial charge is 0.302 e. The second kappa shape index (κ2) is 7.60. The molecule has 0 saturated carbocycles. The van der Waals surface area contributed by atoms with E-state index in [1.165, 1.54) is 0 Å². The van der Waals surface area contributed by atoms with Crippen molar-refractivity contribution < 1.29 is 4.79 Å². The number of ketones is 1. The molecule has 0 saturated heterocycles. The molecular formula is C17H17Cl2NO. The monoisotopic (exact) mass is 321 g/mol. The van der Waals surface area contributed by atoms with Crippen molar-refractivity contribution >= 4 is 29.0 Å². The van der Waals surface area contributed by atoms with Crippen LogP contribution in [0.15, 0.2) is 48.5 Å². The van der Waals surface area contributed by atoms with Gasteiger partial charge in [-0.15, -0.1) is 0 Å². The van der Waals surface area contributed by atoms with E-state index in [0.29, 0.717) is 23.6 Å². The summed E-state index contributed by atoms with van der Waals surface area (Å²) in [6.45, 7) is 1.42. The zero-order valence-corrected chi connectivity index (χ0v) is 13.4. The molecule has 0 aromatic heterocycles. The molecule has 2 aromatic carbocycles. The molecule has 0 radical (unpaired) electrons. The van der Waals surface area contributed by atoms with Gasteiger partial charge in [-0.25, -0.2) is 0 Å². The van der Waals surface area contributed by atoms with Crippen LogP contribution in [-0.2, 0) is 6.54 Å². The van der Waals surface area contributed by atoms with E-state index in [1.54, 1.807) is 24.3 Å². The van der Waals surface area contributed by atoms with Crippen LogP contribution < -0.4 is 0 Å². The standard InChI is InChI=1S/C17H17Cl2NO/c1-20(12-14-4-2-3-5-16(14)19)11-10-17(21)13-6-8-15(18)9-7-13/h2-9H,10-12H2,1H3. The fraction of sp³-hybridized carbons (Fsp3) is 0.235. The molecule has 0 spiro atoms. The van der Waals surface area contributed by atoms with Gasteiger partial charge in [0.15, 0.2) is 5.78 Å². The zero-order valence-electron chi connectivity index (χ0n) is 11.9. The minimum atomic E-state index is 0.123. The maximum absolute atomic E-state index is 12.1. The molecule has 0 unspecified atom stereocenters. The summed E-state index contributed by atoms with van der Waals surface area (Å²) in [5, 5.41) is 1.40. The summed E-state index contributed by atoms with van der Waals surface area (Å²) < 4.78 is 0. The average molecular weight is 322 g/mol. The SMILES string of the molecule is CN(CCC(=O)c1ccc(Cl)cc1)Cc1ccccc1Cl. The third-order valence-corrected chi connectivity index (χ3v) is 3.91. The molecule has 0 aliphatic carbocycles. The highest BCUT2D eigenvalue weighted by Crippen LogP contribution is 2.17. The Kier molecular flexibility index (Phi) is 5.80. The van der Waals surface area contributed by atoms with Crippen molar-refractivity contribution in [2.45, 2.75) is 13.0 Å². The molecule has 4 heteroatoms. The number of benzene rings is 2. The average Bonchev–Trinajstić information content (AvgIpc) is 2.48. The number of rotatable bonds is 6. The molecule has 0 aliphatic heterocycles. The first-order chi connectivity index (χ1) is 10.1. The molecule has 0 amide bonds. The third kappa shape index (κ3) is 4.85. The van der Waals surface area contributed by atoms with Gasteiger partial charge in [0.25, 0.3) is 0 Å². The number of nitrogens with zero attached hydrogens (tertiary/aromatic N) is 1. The predicted molar refractivity (Wildman–Crippen MR) is 88.2 cm³/mol. The van der Waals surface area contributed by atoms with Gasteiger partial charge in [-0.2, -0.15) is 0 Å². The number of hydrogen-bond acceptors (Lipinski definition) is 2. The Labute approximate surface area is 135 Å². The van der Waals surface area contributed by atoms with Crippen molar-refractivity contribution in [2.24, 2.45) is 0 Å². The van der Waals surface area contributed by atoms with E-state index >= 15 is 0 Å². The minimum absolute atomic E-state index is 0.123. The molecular weight excluding hydrogens is 305 g/mol. The first-order valence-corrected chi connectivity index (χ1v) is 7.52. The predicted octanol–water partition coefficient (Wildman–Crippen LogP) is 4.70. The molecule has 0 N–H and O–H groups in total. The van der Waals surface area contributed by atoms with Gasteiger partial charge < -0.3 is 4.90 Å². The maximum atomic E-state index is 12.1. The van der Waals surface area contributed by atoms with E-state index < -0.39 is 0 Å². The van der Waals surface area contributed by atoms with Crippen LogP contribution in [0.2, 0.25) is 10.0 Å². The van der Waals surface area contributed by atoms with E-state index in [-0.39, 0.29) is 5.78 Å². The van der Waals surface area contributed by atoms with E-state index in [0.717, 1.165) is 17.1 Å². The Bertz CT molecular complexity index is 610. The van der Waals surface area contributed by atoms with Gasteiger partial charge in [-0.1, -0.05) is 41.4 Å². The van der Waals surface area contributed by atoms with Crippen LogP contribution in [0.25, 0.3) is 0 Å². The van der Waals surface area contributed by atoms with Crippen LogP contribution in [0, 0.1) is 0 Å². The second-order valence-electron chi connectivity index (χ2n) is 5.01. The summed E-state index contributed by atoms with van der Waals surface area (Å²) in [4.78, 5) is 14.2. The van der Waals surface area contributed by atoms with Gasteiger partial charge in [0, 0.05) is 35.1 Å². The minimum Gasteiger partial charge on any atom is -0.302 e. The number of Topliss-reactive ketones (excluding diaryl/α,β-unsaturated/α-hetero) is 1. The van der Waals surface area contributed by atoms with Gasteiger partial charge in [0.2, 0.25) is 0 Å². The highest BCUT2D eigenvalue weighted by atomic mass is 35.5. The van der Waals surface area contributed by atoms with Crippen molar-refractivity contribution in [3.05, 3.63) is 69.7 Å². The summed E-state index contributed by atoms with van der Waals surface area (Å²) in [6, 6.07) is 14.8. The maximum Gasteiger partial charge on any atom is 0.164 e. The summed E-state index contributed by atoms with van der Waals surface area (Å²) >= 11 is 12.0. The van der Waals surface area contributed by atoms with E-state index in [4.69, 9.17) is 23.2 Å². The quantitative estimate of drug-likeness (QED) is 0.719. The van der Waals surface area contributed by atoms with E-state index in [1.807, 2.05) is 31.3 Å². The van der Waals surface area contributed by atoms with Gasteiger partial charge >= 0.3 is 0 Å².